The van der Waals surface area contributed by atoms with E-state index in [0.717, 1.165) is 0 Å². The summed E-state index contributed by atoms with van der Waals surface area (Å²) in [5, 5.41) is 14.2. The van der Waals surface area contributed by atoms with Crippen LogP contribution in [0.5, 0.6) is 0 Å². The first-order valence-corrected chi connectivity index (χ1v) is 4.46. The molecule has 1 aromatic carbocycles. The van der Waals surface area contributed by atoms with Crippen molar-refractivity contribution >= 4 is 17.3 Å². The Labute approximate surface area is 95.6 Å². The van der Waals surface area contributed by atoms with E-state index in [9.17, 15) is 10.1 Å². The zero-order chi connectivity index (χ0) is 12.0. The molecule has 0 aliphatic rings. The van der Waals surface area contributed by atoms with Crippen LogP contribution in [0, 0.1) is 22.0 Å². The quantitative estimate of drug-likeness (QED) is 0.197. The van der Waals surface area contributed by atoms with Crippen molar-refractivity contribution in [3.8, 4) is 11.8 Å². The predicted octanol–water partition coefficient (Wildman–Crippen LogP) is 2.91. The molecule has 0 fully saturated rings. The molecule has 0 aliphatic carbocycles. The molecule has 16 heavy (non-hydrogen) atoms. The summed E-state index contributed by atoms with van der Waals surface area (Å²) in [5.41, 5.74) is 8.08. The fourth-order valence-corrected chi connectivity index (χ4v) is 1.14. The number of nitro groups is 1. The molecule has 0 saturated carbocycles. The van der Waals surface area contributed by atoms with Gasteiger partial charge in [-0.05, 0) is 17.7 Å². The number of hydrogen-bond acceptors (Lipinski definition) is 3. The van der Waals surface area contributed by atoms with Crippen LogP contribution >= 0.6 is 11.6 Å². The van der Waals surface area contributed by atoms with Gasteiger partial charge in [-0.2, -0.15) is 0 Å². The molecule has 0 atom stereocenters. The predicted molar refractivity (Wildman–Crippen MR) is 59.0 cm³/mol. The summed E-state index contributed by atoms with van der Waals surface area (Å²) < 4.78 is 0. The monoisotopic (exact) mass is 236 g/mol. The highest BCUT2D eigenvalue weighted by molar-refractivity contribution is 6.30. The van der Waals surface area contributed by atoms with Crippen LogP contribution in [0.2, 0.25) is 5.02 Å². The molecule has 0 aromatic heterocycles. The maximum absolute atomic E-state index is 10.6. The molecular weight excluding hydrogens is 232 g/mol. The summed E-state index contributed by atoms with van der Waals surface area (Å²) in [4.78, 5) is 12.6. The van der Waals surface area contributed by atoms with Crippen molar-refractivity contribution in [1.82, 2.24) is 0 Å². The molecule has 6 nitrogen and oxygen atoms in total. The SMILES string of the molecule is [N-]=[N+]=NCC#Cc1cc(Cl)ccc1[N+](=O)[O-]. The number of nitro benzene ring substituents is 1. The first-order chi connectivity index (χ1) is 7.65. The zero-order valence-corrected chi connectivity index (χ0v) is 8.68. The van der Waals surface area contributed by atoms with Gasteiger partial charge in [-0.3, -0.25) is 10.1 Å². The third-order valence-electron chi connectivity index (χ3n) is 1.59. The highest BCUT2D eigenvalue weighted by atomic mass is 35.5. The van der Waals surface area contributed by atoms with E-state index < -0.39 is 4.92 Å². The number of rotatable bonds is 2. The van der Waals surface area contributed by atoms with Crippen LogP contribution in [0.1, 0.15) is 5.56 Å². The van der Waals surface area contributed by atoms with Crippen LogP contribution in [0.3, 0.4) is 0 Å². The Morgan fingerprint density at radius 2 is 2.38 bits per heavy atom. The molecule has 0 radical (unpaired) electrons. The Hall–Kier alpha value is -2.22. The van der Waals surface area contributed by atoms with Crippen molar-refractivity contribution in [2.45, 2.75) is 0 Å². The lowest BCUT2D eigenvalue weighted by Gasteiger charge is -1.95. The maximum atomic E-state index is 10.6. The van der Waals surface area contributed by atoms with E-state index in [1.54, 1.807) is 0 Å². The molecule has 1 aromatic rings. The Bertz CT molecular complexity index is 526. The van der Waals surface area contributed by atoms with E-state index in [2.05, 4.69) is 21.9 Å². The van der Waals surface area contributed by atoms with Gasteiger partial charge in [0.1, 0.15) is 5.56 Å². The molecule has 7 heteroatoms. The second kappa shape index (κ2) is 5.61. The number of azide groups is 1. The third-order valence-corrected chi connectivity index (χ3v) is 1.83. The number of halogens is 1. The standard InChI is InChI=1S/C9H5ClN4O2/c10-8-3-4-9(14(15)16)7(6-8)2-1-5-12-13-11/h3-4,6H,5H2. The van der Waals surface area contributed by atoms with Gasteiger partial charge in [-0.15, -0.1) is 0 Å². The van der Waals surface area contributed by atoms with E-state index >= 15 is 0 Å². The average Bonchev–Trinajstić information content (AvgIpc) is 2.24. The summed E-state index contributed by atoms with van der Waals surface area (Å²) in [6, 6.07) is 4.08. The molecule has 0 N–H and O–H groups in total. The van der Waals surface area contributed by atoms with E-state index in [1.165, 1.54) is 18.2 Å². The van der Waals surface area contributed by atoms with Gasteiger partial charge in [0.2, 0.25) is 0 Å². The summed E-state index contributed by atoms with van der Waals surface area (Å²) in [6.07, 6.45) is 0. The van der Waals surface area contributed by atoms with Crippen molar-refractivity contribution in [3.05, 3.63) is 49.3 Å². The van der Waals surface area contributed by atoms with Crippen molar-refractivity contribution in [3.63, 3.8) is 0 Å². The van der Waals surface area contributed by atoms with Crippen molar-refractivity contribution in [2.24, 2.45) is 5.11 Å². The second-order valence-corrected chi connectivity index (χ2v) is 3.05. The highest BCUT2D eigenvalue weighted by Gasteiger charge is 2.11. The van der Waals surface area contributed by atoms with Gasteiger partial charge in [0, 0.05) is 16.0 Å². The minimum atomic E-state index is -0.548. The fourth-order valence-electron chi connectivity index (χ4n) is 0.969. The van der Waals surface area contributed by atoms with Gasteiger partial charge in [-0.1, -0.05) is 28.6 Å². The van der Waals surface area contributed by atoms with Gasteiger partial charge in [0.25, 0.3) is 5.69 Å². The van der Waals surface area contributed by atoms with Gasteiger partial charge < -0.3 is 0 Å². The highest BCUT2D eigenvalue weighted by Crippen LogP contribution is 2.21. The average molecular weight is 237 g/mol. The Morgan fingerprint density at radius 3 is 3.00 bits per heavy atom. The molecule has 0 aliphatic heterocycles. The topological polar surface area (TPSA) is 91.9 Å². The number of hydrogen-bond donors (Lipinski definition) is 0. The zero-order valence-electron chi connectivity index (χ0n) is 7.92. The first-order valence-electron chi connectivity index (χ1n) is 4.09. The molecular formula is C9H5ClN4O2. The molecule has 0 amide bonds. The van der Waals surface area contributed by atoms with Gasteiger partial charge in [-0.25, -0.2) is 0 Å². The Balaban J connectivity index is 3.08. The van der Waals surface area contributed by atoms with Crippen molar-refractivity contribution in [2.75, 3.05) is 6.54 Å². The van der Waals surface area contributed by atoms with E-state index in [0.29, 0.717) is 5.02 Å². The molecule has 80 valence electrons. The Kier molecular flexibility index (Phi) is 4.16. The minimum Gasteiger partial charge on any atom is -0.258 e. The van der Waals surface area contributed by atoms with E-state index in [-0.39, 0.29) is 17.8 Å². The normalized spacial score (nSPS) is 8.56. The van der Waals surface area contributed by atoms with E-state index in [1.807, 2.05) is 0 Å². The maximum Gasteiger partial charge on any atom is 0.285 e. The largest absolute Gasteiger partial charge is 0.285 e. The lowest BCUT2D eigenvalue weighted by atomic mass is 10.2. The fraction of sp³-hybridized carbons (Fsp3) is 0.111. The van der Waals surface area contributed by atoms with Gasteiger partial charge in [0.15, 0.2) is 0 Å². The molecule has 0 spiro atoms. The summed E-state index contributed by atoms with van der Waals surface area (Å²) in [5.74, 6) is 5.02. The van der Waals surface area contributed by atoms with Gasteiger partial charge in [0.05, 0.1) is 11.5 Å². The van der Waals surface area contributed by atoms with Crippen LogP contribution in [0.4, 0.5) is 5.69 Å². The van der Waals surface area contributed by atoms with Crippen LogP contribution < -0.4 is 0 Å². The molecule has 0 heterocycles. The lowest BCUT2D eigenvalue weighted by molar-refractivity contribution is -0.385. The smallest absolute Gasteiger partial charge is 0.258 e. The summed E-state index contributed by atoms with van der Waals surface area (Å²) in [6.45, 7) is -0.0415. The van der Waals surface area contributed by atoms with Crippen LogP contribution in [-0.2, 0) is 0 Å². The summed E-state index contributed by atoms with van der Waals surface area (Å²) >= 11 is 5.69. The summed E-state index contributed by atoms with van der Waals surface area (Å²) in [7, 11) is 0. The number of nitrogens with zero attached hydrogens (tertiary/aromatic N) is 4. The van der Waals surface area contributed by atoms with Crippen molar-refractivity contribution in [1.29, 1.82) is 0 Å². The number of benzene rings is 1. The lowest BCUT2D eigenvalue weighted by Crippen LogP contribution is -1.91. The van der Waals surface area contributed by atoms with Crippen LogP contribution in [0.25, 0.3) is 10.4 Å². The van der Waals surface area contributed by atoms with Crippen LogP contribution in [-0.4, -0.2) is 11.5 Å². The van der Waals surface area contributed by atoms with E-state index in [4.69, 9.17) is 17.1 Å². The minimum absolute atomic E-state index is 0.0415. The van der Waals surface area contributed by atoms with Crippen LogP contribution in [0.15, 0.2) is 23.3 Å². The Morgan fingerprint density at radius 1 is 1.62 bits per heavy atom. The molecule has 0 unspecified atom stereocenters. The molecule has 1 rings (SSSR count). The molecule has 0 saturated heterocycles. The second-order valence-electron chi connectivity index (χ2n) is 2.61. The molecule has 0 bridgehead atoms. The third kappa shape index (κ3) is 3.17. The first kappa shape index (κ1) is 11.9. The van der Waals surface area contributed by atoms with Gasteiger partial charge >= 0.3 is 0 Å². The van der Waals surface area contributed by atoms with Crippen molar-refractivity contribution < 1.29 is 4.92 Å².